The number of nitrogens with zero attached hydrogens (tertiary/aromatic N) is 3. The maximum atomic E-state index is 6.32. The minimum absolute atomic E-state index is 0.195. The van der Waals surface area contributed by atoms with Crippen molar-refractivity contribution in [2.75, 3.05) is 40.5 Å². The number of nitrogens with one attached hydrogen (secondary N) is 2. The number of aliphatic imine (C=N–C) groups is 1. The van der Waals surface area contributed by atoms with E-state index in [0.29, 0.717) is 19.1 Å². The second kappa shape index (κ2) is 9.88. The van der Waals surface area contributed by atoms with E-state index in [9.17, 15) is 0 Å². The van der Waals surface area contributed by atoms with Crippen molar-refractivity contribution < 1.29 is 9.47 Å². The molecule has 1 unspecified atom stereocenters. The SMILES string of the molecule is C=C(/C(OCCOC)=C1\CC(C)N=C(C2CCN(C)CC2)N1)c1c(C)ccc2[nH]ncc12. The van der Waals surface area contributed by atoms with E-state index < -0.39 is 0 Å². The average Bonchev–Trinajstić information content (AvgIpc) is 3.25. The fourth-order valence-corrected chi connectivity index (χ4v) is 4.68. The summed E-state index contributed by atoms with van der Waals surface area (Å²) < 4.78 is 11.6. The highest BCUT2D eigenvalue weighted by Gasteiger charge is 2.28. The molecule has 2 N–H and O–H groups in total. The number of piperidine rings is 1. The Morgan fingerprint density at radius 2 is 2.03 bits per heavy atom. The van der Waals surface area contributed by atoms with E-state index >= 15 is 0 Å². The molecule has 1 aromatic heterocycles. The van der Waals surface area contributed by atoms with Gasteiger partial charge in [-0.1, -0.05) is 12.6 Å². The summed E-state index contributed by atoms with van der Waals surface area (Å²) in [4.78, 5) is 7.36. The van der Waals surface area contributed by atoms with Crippen molar-refractivity contribution in [3.63, 3.8) is 0 Å². The quantitative estimate of drug-likeness (QED) is 0.508. The highest BCUT2D eigenvalue weighted by molar-refractivity contribution is 5.97. The van der Waals surface area contributed by atoms with E-state index in [1.54, 1.807) is 7.11 Å². The maximum absolute atomic E-state index is 6.32. The zero-order chi connectivity index (χ0) is 22.7. The van der Waals surface area contributed by atoms with Gasteiger partial charge < -0.3 is 19.7 Å². The molecule has 3 heterocycles. The van der Waals surface area contributed by atoms with E-state index in [4.69, 9.17) is 14.5 Å². The molecule has 1 fully saturated rings. The number of methoxy groups -OCH3 is 1. The number of aryl methyl sites for hydroxylation is 1. The average molecular weight is 438 g/mol. The fraction of sp³-hybridized carbons (Fsp3) is 0.520. The minimum atomic E-state index is 0.195. The van der Waals surface area contributed by atoms with Crippen molar-refractivity contribution in [2.24, 2.45) is 10.9 Å². The van der Waals surface area contributed by atoms with Crippen LogP contribution in [0.25, 0.3) is 16.5 Å². The number of benzene rings is 1. The van der Waals surface area contributed by atoms with E-state index in [2.05, 4.69) is 60.0 Å². The van der Waals surface area contributed by atoms with Crippen LogP contribution in [0.1, 0.15) is 37.3 Å². The number of H-pyrrole nitrogens is 1. The zero-order valence-electron chi connectivity index (χ0n) is 19.7. The summed E-state index contributed by atoms with van der Waals surface area (Å²) in [5.74, 6) is 2.34. The van der Waals surface area contributed by atoms with Gasteiger partial charge in [-0.3, -0.25) is 10.1 Å². The first-order chi connectivity index (χ1) is 15.5. The van der Waals surface area contributed by atoms with Crippen LogP contribution in [0.4, 0.5) is 0 Å². The summed E-state index contributed by atoms with van der Waals surface area (Å²) in [5.41, 5.74) is 5.12. The van der Waals surface area contributed by atoms with Crippen molar-refractivity contribution in [2.45, 2.75) is 39.2 Å². The Labute approximate surface area is 190 Å². The molecule has 0 aliphatic carbocycles. The van der Waals surface area contributed by atoms with Gasteiger partial charge in [0, 0.05) is 30.4 Å². The molecule has 7 nitrogen and oxygen atoms in total. The monoisotopic (exact) mass is 437 g/mol. The molecule has 32 heavy (non-hydrogen) atoms. The van der Waals surface area contributed by atoms with Crippen molar-refractivity contribution in [1.82, 2.24) is 20.4 Å². The summed E-state index contributed by atoms with van der Waals surface area (Å²) in [6, 6.07) is 4.35. The molecule has 0 saturated carbocycles. The normalized spacial score (nSPS) is 21.9. The molecule has 2 aliphatic heterocycles. The number of rotatable bonds is 7. The van der Waals surface area contributed by atoms with Crippen LogP contribution in [0.15, 0.2) is 41.4 Å². The molecule has 0 radical (unpaired) electrons. The Morgan fingerprint density at radius 1 is 1.25 bits per heavy atom. The lowest BCUT2D eigenvalue weighted by molar-refractivity contribution is 0.114. The van der Waals surface area contributed by atoms with Gasteiger partial charge in [-0.05, 0) is 64.0 Å². The number of ether oxygens (including phenoxy) is 2. The third kappa shape index (κ3) is 4.74. The first-order valence-corrected chi connectivity index (χ1v) is 11.5. The minimum Gasteiger partial charge on any atom is -0.489 e. The summed E-state index contributed by atoms with van der Waals surface area (Å²) in [7, 11) is 3.87. The van der Waals surface area contributed by atoms with Gasteiger partial charge in [0.2, 0.25) is 0 Å². The first-order valence-electron chi connectivity index (χ1n) is 11.5. The van der Waals surface area contributed by atoms with Crippen molar-refractivity contribution >= 4 is 22.3 Å². The van der Waals surface area contributed by atoms with Crippen LogP contribution in [0.2, 0.25) is 0 Å². The molecular weight excluding hydrogens is 402 g/mol. The highest BCUT2D eigenvalue weighted by atomic mass is 16.5. The Kier molecular flexibility index (Phi) is 6.96. The lowest BCUT2D eigenvalue weighted by Gasteiger charge is -2.34. The number of hydrogen-bond donors (Lipinski definition) is 2. The number of hydrogen-bond acceptors (Lipinski definition) is 6. The van der Waals surface area contributed by atoms with Crippen molar-refractivity contribution in [1.29, 1.82) is 0 Å². The van der Waals surface area contributed by atoms with Crippen LogP contribution in [-0.2, 0) is 9.47 Å². The second-order valence-corrected chi connectivity index (χ2v) is 8.99. The lowest BCUT2D eigenvalue weighted by atomic mass is 9.92. The topological polar surface area (TPSA) is 74.8 Å². The smallest absolute Gasteiger partial charge is 0.145 e. The molecule has 2 aromatic rings. The fourth-order valence-electron chi connectivity index (χ4n) is 4.68. The molecule has 2 aliphatic rings. The van der Waals surface area contributed by atoms with Crippen LogP contribution in [0.3, 0.4) is 0 Å². The number of amidine groups is 1. The summed E-state index contributed by atoms with van der Waals surface area (Å²) >= 11 is 0. The molecule has 0 bridgehead atoms. The van der Waals surface area contributed by atoms with Crippen LogP contribution >= 0.6 is 0 Å². The number of fused-ring (bicyclic) bond motifs is 1. The van der Waals surface area contributed by atoms with Gasteiger partial charge in [-0.15, -0.1) is 0 Å². The van der Waals surface area contributed by atoms with Crippen LogP contribution in [0.5, 0.6) is 0 Å². The molecule has 1 atom stereocenters. The number of aromatic amines is 1. The van der Waals surface area contributed by atoms with Gasteiger partial charge in [0.1, 0.15) is 18.2 Å². The van der Waals surface area contributed by atoms with Crippen molar-refractivity contribution in [3.05, 3.63) is 47.5 Å². The number of allylic oxidation sites excluding steroid dienone is 1. The van der Waals surface area contributed by atoms with E-state index in [-0.39, 0.29) is 6.04 Å². The number of likely N-dealkylation sites (tertiary alicyclic amines) is 1. The van der Waals surface area contributed by atoms with E-state index in [0.717, 1.165) is 77.2 Å². The molecular formula is C25H35N5O2. The van der Waals surface area contributed by atoms with Gasteiger partial charge in [0.25, 0.3) is 0 Å². The Hall–Kier alpha value is -2.64. The summed E-state index contributed by atoms with van der Waals surface area (Å²) in [5, 5.41) is 12.0. The molecule has 1 saturated heterocycles. The van der Waals surface area contributed by atoms with Crippen LogP contribution < -0.4 is 5.32 Å². The van der Waals surface area contributed by atoms with Gasteiger partial charge in [-0.25, -0.2) is 0 Å². The Morgan fingerprint density at radius 3 is 2.78 bits per heavy atom. The first kappa shape index (κ1) is 22.6. The molecule has 172 valence electrons. The molecule has 7 heteroatoms. The molecule has 0 spiro atoms. The van der Waals surface area contributed by atoms with Gasteiger partial charge in [0.05, 0.1) is 30.1 Å². The molecule has 4 rings (SSSR count). The third-order valence-corrected chi connectivity index (χ3v) is 6.46. The predicted molar refractivity (Wildman–Crippen MR) is 130 cm³/mol. The largest absolute Gasteiger partial charge is 0.489 e. The van der Waals surface area contributed by atoms with Gasteiger partial charge in [0.15, 0.2) is 0 Å². The van der Waals surface area contributed by atoms with Crippen molar-refractivity contribution in [3.8, 4) is 0 Å². The lowest BCUT2D eigenvalue weighted by Crippen LogP contribution is -2.42. The van der Waals surface area contributed by atoms with E-state index in [1.807, 2.05) is 6.20 Å². The Bertz CT molecular complexity index is 1030. The second-order valence-electron chi connectivity index (χ2n) is 8.99. The summed E-state index contributed by atoms with van der Waals surface area (Å²) in [6.45, 7) is 12.0. The molecule has 1 aromatic carbocycles. The predicted octanol–water partition coefficient (Wildman–Crippen LogP) is 3.88. The third-order valence-electron chi connectivity index (χ3n) is 6.46. The highest BCUT2D eigenvalue weighted by Crippen LogP contribution is 2.34. The van der Waals surface area contributed by atoms with E-state index in [1.165, 1.54) is 0 Å². The standard InChI is InChI=1S/C25H35N5O2/c1-16-6-7-21-20(15-26-29-21)23(16)18(3)24(32-13-12-31-5)22-14-17(2)27-25(28-22)19-8-10-30(4)11-9-19/h6-7,15,17,19H,3,8-14H2,1-2,4-5H3,(H,26,29)(H,27,28)/b24-22-. The Balaban J connectivity index is 1.70. The van der Waals surface area contributed by atoms with Gasteiger partial charge in [-0.2, -0.15) is 5.10 Å². The van der Waals surface area contributed by atoms with Gasteiger partial charge >= 0.3 is 0 Å². The van der Waals surface area contributed by atoms with Crippen LogP contribution in [0, 0.1) is 12.8 Å². The van der Waals surface area contributed by atoms with Crippen LogP contribution in [-0.4, -0.2) is 67.4 Å². The zero-order valence-corrected chi connectivity index (χ0v) is 19.7. The number of aromatic nitrogens is 2. The molecule has 0 amide bonds. The summed E-state index contributed by atoms with van der Waals surface area (Å²) in [6.07, 6.45) is 4.90. The maximum Gasteiger partial charge on any atom is 0.145 e.